The predicted molar refractivity (Wildman–Crippen MR) is 67.8 cm³/mol. The molecule has 0 saturated heterocycles. The fourth-order valence-corrected chi connectivity index (χ4v) is 2.28. The summed E-state index contributed by atoms with van der Waals surface area (Å²) in [7, 11) is 0. The van der Waals surface area contributed by atoms with Crippen molar-refractivity contribution in [3.05, 3.63) is 41.2 Å². The number of nitrogens with one attached hydrogen (secondary N) is 1. The third-order valence-electron chi connectivity index (χ3n) is 3.31. The highest BCUT2D eigenvalue weighted by Gasteiger charge is 2.08. The van der Waals surface area contributed by atoms with Crippen LogP contribution >= 0.6 is 0 Å². The van der Waals surface area contributed by atoms with Gasteiger partial charge in [0.25, 0.3) is 0 Å². The van der Waals surface area contributed by atoms with Gasteiger partial charge in [-0.15, -0.1) is 0 Å². The summed E-state index contributed by atoms with van der Waals surface area (Å²) in [6.07, 6.45) is 1.85. The summed E-state index contributed by atoms with van der Waals surface area (Å²) >= 11 is 0. The number of nitrogens with zero attached hydrogens (tertiary/aromatic N) is 1. The molecule has 80 valence electrons. The summed E-state index contributed by atoms with van der Waals surface area (Å²) < 4.78 is 0. The van der Waals surface area contributed by atoms with E-state index in [0.29, 0.717) is 0 Å². The first kappa shape index (κ1) is 9.40. The van der Waals surface area contributed by atoms with Gasteiger partial charge >= 0.3 is 0 Å². The van der Waals surface area contributed by atoms with Crippen LogP contribution in [0.2, 0.25) is 0 Å². The van der Waals surface area contributed by atoms with Gasteiger partial charge in [0.1, 0.15) is 0 Å². The van der Waals surface area contributed by atoms with Crippen molar-refractivity contribution in [3.63, 3.8) is 0 Å². The van der Waals surface area contributed by atoms with Gasteiger partial charge in [-0.3, -0.25) is 4.98 Å². The number of aromatic nitrogens is 2. The van der Waals surface area contributed by atoms with Gasteiger partial charge in [-0.1, -0.05) is 0 Å². The molecule has 2 nitrogen and oxygen atoms in total. The fraction of sp³-hybridized carbons (Fsp3) is 0.214. The normalized spacial score (nSPS) is 11.4. The second-order valence-electron chi connectivity index (χ2n) is 4.43. The molecular weight excluding hydrogens is 196 g/mol. The molecule has 16 heavy (non-hydrogen) atoms. The lowest BCUT2D eigenvalue weighted by Crippen LogP contribution is -1.81. The summed E-state index contributed by atoms with van der Waals surface area (Å²) in [6.45, 7) is 6.36. The summed E-state index contributed by atoms with van der Waals surface area (Å²) in [6, 6.07) is 6.50. The molecule has 0 spiro atoms. The Morgan fingerprint density at radius 1 is 1.00 bits per heavy atom. The van der Waals surface area contributed by atoms with Crippen LogP contribution in [0.1, 0.15) is 16.8 Å². The summed E-state index contributed by atoms with van der Waals surface area (Å²) in [5.41, 5.74) is 6.12. The Balaban J connectivity index is 2.58. The molecule has 0 aliphatic carbocycles. The van der Waals surface area contributed by atoms with E-state index in [1.165, 1.54) is 32.9 Å². The molecule has 1 aromatic carbocycles. The van der Waals surface area contributed by atoms with E-state index in [9.17, 15) is 0 Å². The molecule has 0 unspecified atom stereocenters. The first-order valence-electron chi connectivity index (χ1n) is 5.51. The van der Waals surface area contributed by atoms with Crippen LogP contribution in [0.5, 0.6) is 0 Å². The Bertz CT molecular complexity index is 693. The predicted octanol–water partition coefficient (Wildman–Crippen LogP) is 3.64. The quantitative estimate of drug-likeness (QED) is 0.603. The number of rotatable bonds is 0. The number of fused-ring (bicyclic) bond motifs is 3. The molecule has 0 saturated carbocycles. The fourth-order valence-electron chi connectivity index (χ4n) is 2.28. The third-order valence-corrected chi connectivity index (χ3v) is 3.31. The highest BCUT2D eigenvalue weighted by molar-refractivity contribution is 6.08. The van der Waals surface area contributed by atoms with Gasteiger partial charge in [0.05, 0.1) is 0 Å². The smallest absolute Gasteiger partial charge is 0.0498 e. The molecule has 0 atom stereocenters. The maximum atomic E-state index is 4.36. The zero-order valence-electron chi connectivity index (χ0n) is 9.76. The van der Waals surface area contributed by atoms with Crippen LogP contribution in [0.25, 0.3) is 21.8 Å². The van der Waals surface area contributed by atoms with E-state index in [-0.39, 0.29) is 0 Å². The molecule has 0 amide bonds. The lowest BCUT2D eigenvalue weighted by Gasteiger charge is -2.00. The highest BCUT2D eigenvalue weighted by atomic mass is 14.7. The largest absolute Gasteiger partial charge is 0.354 e. The van der Waals surface area contributed by atoms with E-state index in [2.05, 4.69) is 42.9 Å². The van der Waals surface area contributed by atoms with Crippen LogP contribution in [0.3, 0.4) is 0 Å². The van der Waals surface area contributed by atoms with Gasteiger partial charge in [-0.05, 0) is 50.1 Å². The van der Waals surface area contributed by atoms with Crippen molar-refractivity contribution in [1.29, 1.82) is 0 Å². The number of pyridine rings is 1. The summed E-state index contributed by atoms with van der Waals surface area (Å²) in [5, 5.41) is 2.53. The molecule has 0 fully saturated rings. The van der Waals surface area contributed by atoms with E-state index in [1.807, 2.05) is 12.3 Å². The van der Waals surface area contributed by atoms with E-state index in [0.717, 1.165) is 5.69 Å². The number of H-pyrrole nitrogens is 1. The Morgan fingerprint density at radius 3 is 2.56 bits per heavy atom. The van der Waals surface area contributed by atoms with Gasteiger partial charge in [0.15, 0.2) is 0 Å². The van der Waals surface area contributed by atoms with Gasteiger partial charge < -0.3 is 4.98 Å². The number of hydrogen-bond donors (Lipinski definition) is 1. The molecule has 0 aliphatic rings. The molecule has 0 radical (unpaired) electrons. The zero-order valence-corrected chi connectivity index (χ0v) is 9.76. The zero-order chi connectivity index (χ0) is 11.3. The third kappa shape index (κ3) is 1.16. The minimum Gasteiger partial charge on any atom is -0.354 e. The number of hydrogen-bond acceptors (Lipinski definition) is 1. The second-order valence-corrected chi connectivity index (χ2v) is 4.43. The Morgan fingerprint density at radius 2 is 1.75 bits per heavy atom. The van der Waals surface area contributed by atoms with Crippen molar-refractivity contribution in [2.75, 3.05) is 0 Å². The maximum absolute atomic E-state index is 4.36. The van der Waals surface area contributed by atoms with Crippen molar-refractivity contribution in [1.82, 2.24) is 9.97 Å². The first-order valence-corrected chi connectivity index (χ1v) is 5.51. The lowest BCUT2D eigenvalue weighted by atomic mass is 10.1. The van der Waals surface area contributed by atoms with E-state index >= 15 is 0 Å². The second kappa shape index (κ2) is 3.08. The molecule has 2 heterocycles. The van der Waals surface area contributed by atoms with Crippen molar-refractivity contribution in [2.24, 2.45) is 0 Å². The number of aromatic amines is 1. The molecule has 3 aromatic rings. The average Bonchev–Trinajstić information content (AvgIpc) is 2.58. The SMILES string of the molecule is Cc1cc2[nH]c3ccnc(C)c3c2cc1C. The van der Waals surface area contributed by atoms with Crippen molar-refractivity contribution in [2.45, 2.75) is 20.8 Å². The van der Waals surface area contributed by atoms with E-state index in [4.69, 9.17) is 0 Å². The molecule has 0 aliphatic heterocycles. The highest BCUT2D eigenvalue weighted by Crippen LogP contribution is 2.28. The van der Waals surface area contributed by atoms with Crippen molar-refractivity contribution < 1.29 is 0 Å². The van der Waals surface area contributed by atoms with Crippen LogP contribution in [-0.4, -0.2) is 9.97 Å². The van der Waals surface area contributed by atoms with Crippen molar-refractivity contribution >= 4 is 21.8 Å². The monoisotopic (exact) mass is 210 g/mol. The van der Waals surface area contributed by atoms with Gasteiger partial charge in [0.2, 0.25) is 0 Å². The van der Waals surface area contributed by atoms with Crippen LogP contribution in [0.15, 0.2) is 24.4 Å². The van der Waals surface area contributed by atoms with Crippen LogP contribution in [-0.2, 0) is 0 Å². The minimum absolute atomic E-state index is 1.09. The maximum Gasteiger partial charge on any atom is 0.0498 e. The molecule has 3 rings (SSSR count). The van der Waals surface area contributed by atoms with Crippen LogP contribution in [0, 0.1) is 20.8 Å². The van der Waals surface area contributed by atoms with Crippen molar-refractivity contribution in [3.8, 4) is 0 Å². The standard InChI is InChI=1S/C14H14N2/c1-8-6-11-13(7-9(8)2)16-12-4-5-15-10(3)14(11)12/h4-7,16H,1-3H3. The van der Waals surface area contributed by atoms with Crippen LogP contribution < -0.4 is 0 Å². The topological polar surface area (TPSA) is 28.7 Å². The Kier molecular flexibility index (Phi) is 1.81. The van der Waals surface area contributed by atoms with E-state index < -0.39 is 0 Å². The Hall–Kier alpha value is -1.83. The van der Waals surface area contributed by atoms with Gasteiger partial charge in [-0.25, -0.2) is 0 Å². The number of benzene rings is 1. The molecule has 2 aromatic heterocycles. The van der Waals surface area contributed by atoms with Gasteiger partial charge in [-0.2, -0.15) is 0 Å². The number of aryl methyl sites for hydroxylation is 3. The van der Waals surface area contributed by atoms with E-state index in [1.54, 1.807) is 0 Å². The summed E-state index contributed by atoms with van der Waals surface area (Å²) in [4.78, 5) is 7.81. The molecule has 0 bridgehead atoms. The molecule has 2 heteroatoms. The van der Waals surface area contributed by atoms with Crippen LogP contribution in [0.4, 0.5) is 0 Å². The first-order chi connectivity index (χ1) is 7.66. The average molecular weight is 210 g/mol. The Labute approximate surface area is 94.3 Å². The molecular formula is C14H14N2. The minimum atomic E-state index is 1.09. The van der Waals surface area contributed by atoms with Gasteiger partial charge in [0, 0.05) is 33.7 Å². The summed E-state index contributed by atoms with van der Waals surface area (Å²) in [5.74, 6) is 0. The lowest BCUT2D eigenvalue weighted by molar-refractivity contribution is 1.24. The molecule has 1 N–H and O–H groups in total.